The zero-order valence-electron chi connectivity index (χ0n) is 12.1. The van der Waals surface area contributed by atoms with Gasteiger partial charge in [0.05, 0.1) is 0 Å². The maximum atomic E-state index is 11.6. The molecule has 112 valence electrons. The van der Waals surface area contributed by atoms with Gasteiger partial charge in [0.25, 0.3) is 11.8 Å². The molecule has 21 heavy (non-hydrogen) atoms. The van der Waals surface area contributed by atoms with Gasteiger partial charge in [0.15, 0.2) is 12.4 Å². The summed E-state index contributed by atoms with van der Waals surface area (Å²) < 4.78 is 2.05. The van der Waals surface area contributed by atoms with Gasteiger partial charge in [-0.2, -0.15) is 0 Å². The van der Waals surface area contributed by atoms with E-state index in [9.17, 15) is 14.4 Å². The van der Waals surface area contributed by atoms with E-state index in [2.05, 4.69) is 0 Å². The van der Waals surface area contributed by atoms with Crippen LogP contribution in [-0.2, 0) is 25.8 Å². The van der Waals surface area contributed by atoms with Gasteiger partial charge in [-0.1, -0.05) is 0 Å². The van der Waals surface area contributed by atoms with Crippen LogP contribution in [0.5, 0.6) is 0 Å². The van der Waals surface area contributed by atoms with E-state index in [-0.39, 0.29) is 19.3 Å². The second-order valence-electron chi connectivity index (χ2n) is 5.12. The molecule has 0 radical (unpaired) electrons. The van der Waals surface area contributed by atoms with E-state index in [4.69, 9.17) is 4.84 Å². The molecule has 1 fully saturated rings. The Bertz CT molecular complexity index is 523. The number of amides is 2. The predicted molar refractivity (Wildman–Crippen MR) is 72.4 cm³/mol. The average Bonchev–Trinajstić information content (AvgIpc) is 2.77. The average molecular weight is 291 g/mol. The van der Waals surface area contributed by atoms with Crippen molar-refractivity contribution in [2.24, 2.45) is 0 Å². The minimum atomic E-state index is -0.535. The molecule has 2 rings (SSSR count). The fourth-order valence-electron chi connectivity index (χ4n) is 2.05. The topological polar surface area (TPSA) is 67.6 Å². The minimum Gasteiger partial charge on any atom is -0.330 e. The largest absolute Gasteiger partial charge is 0.333 e. The van der Waals surface area contributed by atoms with E-state index in [0.29, 0.717) is 11.5 Å². The first-order chi connectivity index (χ1) is 10.1. The highest BCUT2D eigenvalue weighted by Crippen LogP contribution is 2.13. The van der Waals surface area contributed by atoms with Gasteiger partial charge in [0.2, 0.25) is 0 Å². The summed E-state index contributed by atoms with van der Waals surface area (Å²) in [7, 11) is 0. The van der Waals surface area contributed by atoms with Gasteiger partial charge in [-0.25, -0.2) is 9.36 Å². The molecule has 0 aliphatic carbocycles. The summed E-state index contributed by atoms with van der Waals surface area (Å²) in [5.74, 6) is -1.42. The van der Waals surface area contributed by atoms with E-state index in [0.717, 1.165) is 13.0 Å². The fourth-order valence-corrected chi connectivity index (χ4v) is 2.05. The Labute approximate surface area is 123 Å². The van der Waals surface area contributed by atoms with Gasteiger partial charge < -0.3 is 4.84 Å². The molecule has 2 amide bonds. The number of unbranched alkanes of at least 4 members (excludes halogenated alkanes) is 1. The van der Waals surface area contributed by atoms with Crippen molar-refractivity contribution in [3.63, 3.8) is 0 Å². The van der Waals surface area contributed by atoms with Crippen molar-refractivity contribution in [1.82, 2.24) is 5.06 Å². The number of aromatic nitrogens is 1. The van der Waals surface area contributed by atoms with Crippen LogP contribution in [0.15, 0.2) is 24.5 Å². The lowest BCUT2D eigenvalue weighted by Gasteiger charge is -2.12. The van der Waals surface area contributed by atoms with Crippen molar-refractivity contribution in [2.75, 3.05) is 0 Å². The van der Waals surface area contributed by atoms with Gasteiger partial charge in [-0.05, 0) is 18.9 Å². The van der Waals surface area contributed by atoms with Gasteiger partial charge in [-0.3, -0.25) is 9.59 Å². The van der Waals surface area contributed by atoms with Crippen molar-refractivity contribution in [3.05, 3.63) is 30.1 Å². The Morgan fingerprint density at radius 2 is 1.81 bits per heavy atom. The summed E-state index contributed by atoms with van der Waals surface area (Å²) >= 11 is 0. The molecule has 1 aromatic rings. The molecule has 0 spiro atoms. The third-order valence-corrected chi connectivity index (χ3v) is 3.30. The maximum Gasteiger partial charge on any atom is 0.333 e. The quantitative estimate of drug-likeness (QED) is 0.446. The molecule has 2 heterocycles. The van der Waals surface area contributed by atoms with Crippen LogP contribution < -0.4 is 4.57 Å². The highest BCUT2D eigenvalue weighted by molar-refractivity contribution is 6.01. The van der Waals surface area contributed by atoms with Gasteiger partial charge >= 0.3 is 5.97 Å². The molecule has 0 aromatic carbocycles. The van der Waals surface area contributed by atoms with E-state index >= 15 is 0 Å². The number of nitrogens with zero attached hydrogens (tertiary/aromatic N) is 2. The van der Waals surface area contributed by atoms with Crippen molar-refractivity contribution < 1.29 is 23.8 Å². The summed E-state index contributed by atoms with van der Waals surface area (Å²) in [6.45, 7) is 2.84. The lowest BCUT2D eigenvalue weighted by Crippen LogP contribution is -2.33. The van der Waals surface area contributed by atoms with E-state index in [1.54, 1.807) is 0 Å². The molecule has 6 heteroatoms. The van der Waals surface area contributed by atoms with Crippen LogP contribution in [0.25, 0.3) is 0 Å². The molecule has 0 saturated carbocycles. The van der Waals surface area contributed by atoms with Gasteiger partial charge in [0.1, 0.15) is 6.54 Å². The first-order valence-corrected chi connectivity index (χ1v) is 7.08. The monoisotopic (exact) mass is 291 g/mol. The predicted octanol–water partition coefficient (Wildman–Crippen LogP) is 1.06. The molecule has 6 nitrogen and oxygen atoms in total. The maximum absolute atomic E-state index is 11.6. The second kappa shape index (κ2) is 6.97. The summed E-state index contributed by atoms with van der Waals surface area (Å²) in [4.78, 5) is 38.9. The summed E-state index contributed by atoms with van der Waals surface area (Å²) in [6, 6.07) is 4.05. The summed E-state index contributed by atoms with van der Waals surface area (Å²) in [5, 5.41) is 0.594. The molecular weight excluding hydrogens is 272 g/mol. The number of rotatable bonds is 6. The minimum absolute atomic E-state index is 0.121. The van der Waals surface area contributed by atoms with E-state index in [1.165, 1.54) is 5.56 Å². The first kappa shape index (κ1) is 15.2. The molecule has 0 unspecified atom stereocenters. The van der Waals surface area contributed by atoms with Crippen LogP contribution in [0.1, 0.15) is 37.7 Å². The number of hydrogen-bond acceptors (Lipinski definition) is 4. The second-order valence-corrected chi connectivity index (χ2v) is 5.12. The molecule has 1 aliphatic rings. The van der Waals surface area contributed by atoms with Crippen LogP contribution in [0.2, 0.25) is 0 Å². The summed E-state index contributed by atoms with van der Waals surface area (Å²) in [6.07, 6.45) is 5.90. The number of carbonyl (C=O) groups excluding carboxylic acids is 3. The molecular formula is C15H19N2O4+. The van der Waals surface area contributed by atoms with Crippen molar-refractivity contribution in [1.29, 1.82) is 0 Å². The van der Waals surface area contributed by atoms with Crippen LogP contribution >= 0.6 is 0 Å². The van der Waals surface area contributed by atoms with Gasteiger partial charge in [0, 0.05) is 37.8 Å². The zero-order chi connectivity index (χ0) is 15.2. The number of hydrogen-bond donors (Lipinski definition) is 0. The first-order valence-electron chi connectivity index (χ1n) is 7.08. The number of carbonyl (C=O) groups is 3. The summed E-state index contributed by atoms with van der Waals surface area (Å²) in [5.41, 5.74) is 1.20. The smallest absolute Gasteiger partial charge is 0.330 e. The Balaban J connectivity index is 1.66. The Kier molecular flexibility index (Phi) is 5.03. The number of pyridine rings is 1. The fraction of sp³-hybridized carbons (Fsp3) is 0.467. The Hall–Kier alpha value is -2.24. The van der Waals surface area contributed by atoms with Crippen LogP contribution in [-0.4, -0.2) is 22.8 Å². The molecule has 0 bridgehead atoms. The highest BCUT2D eigenvalue weighted by Gasteiger charge is 2.32. The Morgan fingerprint density at radius 3 is 2.43 bits per heavy atom. The number of hydroxylamine groups is 2. The SMILES string of the molecule is Cc1cc[n+](CCCCC(=O)ON2C(=O)CCC2=O)cc1. The van der Waals surface area contributed by atoms with E-state index in [1.807, 2.05) is 36.0 Å². The van der Waals surface area contributed by atoms with Crippen LogP contribution in [0.3, 0.4) is 0 Å². The lowest BCUT2D eigenvalue weighted by molar-refractivity contribution is -0.697. The number of aryl methyl sites for hydroxylation is 2. The standard InChI is InChI=1S/C15H19N2O4/c1-12-7-10-16(11-8-12)9-3-2-4-15(20)21-17-13(18)5-6-14(17)19/h7-8,10-11H,2-6,9H2,1H3/q+1. The molecule has 0 N–H and O–H groups in total. The van der Waals surface area contributed by atoms with Crippen LogP contribution in [0.4, 0.5) is 0 Å². The Morgan fingerprint density at radius 1 is 1.19 bits per heavy atom. The number of imide groups is 1. The van der Waals surface area contributed by atoms with Gasteiger partial charge in [-0.15, -0.1) is 5.06 Å². The molecule has 1 aliphatic heterocycles. The molecule has 0 atom stereocenters. The highest BCUT2D eigenvalue weighted by atomic mass is 16.7. The van der Waals surface area contributed by atoms with Crippen molar-refractivity contribution >= 4 is 17.8 Å². The molecule has 1 aromatic heterocycles. The lowest BCUT2D eigenvalue weighted by atomic mass is 10.2. The third kappa shape index (κ3) is 4.37. The van der Waals surface area contributed by atoms with Crippen molar-refractivity contribution in [3.8, 4) is 0 Å². The zero-order valence-corrected chi connectivity index (χ0v) is 12.1. The normalized spacial score (nSPS) is 14.6. The van der Waals surface area contributed by atoms with E-state index < -0.39 is 17.8 Å². The third-order valence-electron chi connectivity index (χ3n) is 3.30. The van der Waals surface area contributed by atoms with Crippen molar-refractivity contribution in [2.45, 2.75) is 45.6 Å². The molecule has 1 saturated heterocycles. The van der Waals surface area contributed by atoms with Crippen LogP contribution in [0, 0.1) is 6.92 Å².